The van der Waals surface area contributed by atoms with Crippen LogP contribution in [0.15, 0.2) is 16.7 Å². The Morgan fingerprint density at radius 1 is 1.41 bits per heavy atom. The number of hydrogen-bond donors (Lipinski definition) is 1. The first-order valence-corrected chi connectivity index (χ1v) is 6.81. The summed E-state index contributed by atoms with van der Waals surface area (Å²) in [4.78, 5) is 2.61. The minimum atomic E-state index is 0.388. The summed E-state index contributed by atoms with van der Waals surface area (Å²) in [5.41, 5.74) is 7.53. The molecule has 0 saturated carbocycles. The molecule has 3 heteroatoms. The molecule has 3 rings (SSSR count). The van der Waals surface area contributed by atoms with E-state index in [1.54, 1.807) is 0 Å². The van der Waals surface area contributed by atoms with Gasteiger partial charge in [-0.1, -0.05) is 6.92 Å². The van der Waals surface area contributed by atoms with Crippen LogP contribution in [-0.4, -0.2) is 24.0 Å². The standard InChI is InChI=1S/C14H22N2O/c1-10-9-16(7-5-12(10)15)13-3-2-4-14-11(13)6-8-17-14/h6,8,10,12-13H,2-5,7,9,15H2,1H3. The highest BCUT2D eigenvalue weighted by molar-refractivity contribution is 5.24. The van der Waals surface area contributed by atoms with E-state index in [1.807, 2.05) is 6.26 Å². The molecule has 0 aromatic carbocycles. The third kappa shape index (κ3) is 2.02. The Kier molecular flexibility index (Phi) is 2.97. The summed E-state index contributed by atoms with van der Waals surface area (Å²) in [5.74, 6) is 1.82. The largest absolute Gasteiger partial charge is 0.469 e. The van der Waals surface area contributed by atoms with Gasteiger partial charge in [-0.2, -0.15) is 0 Å². The van der Waals surface area contributed by atoms with E-state index >= 15 is 0 Å². The lowest BCUT2D eigenvalue weighted by Gasteiger charge is -2.41. The summed E-state index contributed by atoms with van der Waals surface area (Å²) in [6, 6.07) is 3.13. The van der Waals surface area contributed by atoms with Crippen molar-refractivity contribution in [1.29, 1.82) is 0 Å². The van der Waals surface area contributed by atoms with Crippen molar-refractivity contribution in [2.45, 2.75) is 44.7 Å². The van der Waals surface area contributed by atoms with Crippen molar-refractivity contribution in [3.63, 3.8) is 0 Å². The van der Waals surface area contributed by atoms with E-state index in [1.165, 1.54) is 24.2 Å². The average Bonchev–Trinajstić information content (AvgIpc) is 2.80. The molecule has 1 aliphatic heterocycles. The summed E-state index contributed by atoms with van der Waals surface area (Å²) in [7, 11) is 0. The van der Waals surface area contributed by atoms with Crippen LogP contribution in [0.3, 0.4) is 0 Å². The Labute approximate surface area is 103 Å². The Morgan fingerprint density at radius 2 is 2.29 bits per heavy atom. The van der Waals surface area contributed by atoms with E-state index < -0.39 is 0 Å². The maximum atomic E-state index is 6.10. The summed E-state index contributed by atoms with van der Waals surface area (Å²) >= 11 is 0. The number of furan rings is 1. The molecule has 3 nitrogen and oxygen atoms in total. The summed E-state index contributed by atoms with van der Waals surface area (Å²) in [5, 5.41) is 0. The molecular formula is C14H22N2O. The monoisotopic (exact) mass is 234 g/mol. The SMILES string of the molecule is CC1CN(C2CCCc3occc32)CCC1N. The molecular weight excluding hydrogens is 212 g/mol. The second-order valence-corrected chi connectivity index (χ2v) is 5.63. The van der Waals surface area contributed by atoms with E-state index in [9.17, 15) is 0 Å². The van der Waals surface area contributed by atoms with Gasteiger partial charge in [-0.3, -0.25) is 4.90 Å². The minimum absolute atomic E-state index is 0.388. The van der Waals surface area contributed by atoms with E-state index in [0.29, 0.717) is 18.0 Å². The fraction of sp³-hybridized carbons (Fsp3) is 0.714. The molecule has 0 amide bonds. The predicted molar refractivity (Wildman–Crippen MR) is 67.7 cm³/mol. The number of likely N-dealkylation sites (tertiary alicyclic amines) is 1. The average molecular weight is 234 g/mol. The third-order valence-corrected chi connectivity index (χ3v) is 4.46. The highest BCUT2D eigenvalue weighted by Gasteiger charge is 2.32. The van der Waals surface area contributed by atoms with Gasteiger partial charge < -0.3 is 10.2 Å². The van der Waals surface area contributed by atoms with Crippen LogP contribution >= 0.6 is 0 Å². The van der Waals surface area contributed by atoms with Gasteiger partial charge >= 0.3 is 0 Å². The van der Waals surface area contributed by atoms with Gasteiger partial charge in [0.05, 0.1) is 6.26 Å². The first-order chi connectivity index (χ1) is 8.25. The zero-order valence-electron chi connectivity index (χ0n) is 10.6. The fourth-order valence-corrected chi connectivity index (χ4v) is 3.32. The van der Waals surface area contributed by atoms with Crippen LogP contribution in [0, 0.1) is 5.92 Å². The summed E-state index contributed by atoms with van der Waals surface area (Å²) in [6.45, 7) is 4.55. The van der Waals surface area contributed by atoms with Crippen LogP contribution in [0.2, 0.25) is 0 Å². The second kappa shape index (κ2) is 4.46. The number of hydrogen-bond acceptors (Lipinski definition) is 3. The molecule has 1 fully saturated rings. The van der Waals surface area contributed by atoms with Crippen molar-refractivity contribution >= 4 is 0 Å². The molecule has 1 aromatic rings. The van der Waals surface area contributed by atoms with Crippen molar-refractivity contribution in [3.8, 4) is 0 Å². The van der Waals surface area contributed by atoms with Gasteiger partial charge in [0.1, 0.15) is 5.76 Å². The van der Waals surface area contributed by atoms with Crippen LogP contribution < -0.4 is 5.73 Å². The summed E-state index contributed by atoms with van der Waals surface area (Å²) in [6.07, 6.45) is 6.62. The second-order valence-electron chi connectivity index (χ2n) is 5.63. The summed E-state index contributed by atoms with van der Waals surface area (Å²) < 4.78 is 5.57. The van der Waals surface area contributed by atoms with Crippen LogP contribution in [0.5, 0.6) is 0 Å². The maximum Gasteiger partial charge on any atom is 0.108 e. The zero-order valence-corrected chi connectivity index (χ0v) is 10.6. The lowest BCUT2D eigenvalue weighted by atomic mass is 9.88. The van der Waals surface area contributed by atoms with Crippen molar-refractivity contribution in [2.24, 2.45) is 11.7 Å². The van der Waals surface area contributed by atoms with Crippen LogP contribution in [0.1, 0.15) is 43.6 Å². The number of nitrogens with two attached hydrogens (primary N) is 1. The van der Waals surface area contributed by atoms with E-state index in [-0.39, 0.29) is 0 Å². The Balaban J connectivity index is 1.78. The molecule has 1 aromatic heterocycles. The fourth-order valence-electron chi connectivity index (χ4n) is 3.32. The van der Waals surface area contributed by atoms with Gasteiger partial charge in [0, 0.05) is 37.2 Å². The van der Waals surface area contributed by atoms with Crippen molar-refractivity contribution < 1.29 is 4.42 Å². The topological polar surface area (TPSA) is 42.4 Å². The van der Waals surface area contributed by atoms with Crippen molar-refractivity contribution in [2.75, 3.05) is 13.1 Å². The Hall–Kier alpha value is -0.800. The molecule has 1 saturated heterocycles. The zero-order chi connectivity index (χ0) is 11.8. The van der Waals surface area contributed by atoms with E-state index in [0.717, 1.165) is 25.9 Å². The predicted octanol–water partition coefficient (Wildman–Crippen LogP) is 2.33. The smallest absolute Gasteiger partial charge is 0.108 e. The lowest BCUT2D eigenvalue weighted by molar-refractivity contribution is 0.104. The molecule has 2 aliphatic rings. The highest BCUT2D eigenvalue weighted by Crippen LogP contribution is 2.36. The van der Waals surface area contributed by atoms with Gasteiger partial charge in [0.2, 0.25) is 0 Å². The quantitative estimate of drug-likeness (QED) is 0.811. The molecule has 94 valence electrons. The van der Waals surface area contributed by atoms with Gasteiger partial charge in [-0.05, 0) is 31.2 Å². The third-order valence-electron chi connectivity index (χ3n) is 4.46. The molecule has 3 atom stereocenters. The molecule has 1 aliphatic carbocycles. The molecule has 0 spiro atoms. The molecule has 0 bridgehead atoms. The van der Waals surface area contributed by atoms with Crippen molar-refractivity contribution in [3.05, 3.63) is 23.7 Å². The van der Waals surface area contributed by atoms with Crippen LogP contribution in [0.25, 0.3) is 0 Å². The van der Waals surface area contributed by atoms with Crippen LogP contribution in [-0.2, 0) is 6.42 Å². The molecule has 17 heavy (non-hydrogen) atoms. The number of piperidine rings is 1. The van der Waals surface area contributed by atoms with Crippen molar-refractivity contribution in [1.82, 2.24) is 4.90 Å². The number of fused-ring (bicyclic) bond motifs is 1. The normalized spacial score (nSPS) is 34.6. The van der Waals surface area contributed by atoms with Gasteiger partial charge in [-0.15, -0.1) is 0 Å². The number of aryl methyl sites for hydroxylation is 1. The molecule has 0 radical (unpaired) electrons. The minimum Gasteiger partial charge on any atom is -0.469 e. The Morgan fingerprint density at radius 3 is 3.12 bits per heavy atom. The number of rotatable bonds is 1. The lowest BCUT2D eigenvalue weighted by Crippen LogP contribution is -2.47. The Bertz CT molecular complexity index is 387. The molecule has 2 N–H and O–H groups in total. The molecule has 2 heterocycles. The van der Waals surface area contributed by atoms with E-state index in [2.05, 4.69) is 17.9 Å². The molecule has 3 unspecified atom stereocenters. The first-order valence-electron chi connectivity index (χ1n) is 6.81. The van der Waals surface area contributed by atoms with Crippen LogP contribution in [0.4, 0.5) is 0 Å². The number of nitrogens with zero attached hydrogens (tertiary/aromatic N) is 1. The van der Waals surface area contributed by atoms with E-state index in [4.69, 9.17) is 10.2 Å². The van der Waals surface area contributed by atoms with Gasteiger partial charge in [-0.25, -0.2) is 0 Å². The highest BCUT2D eigenvalue weighted by atomic mass is 16.3. The maximum absolute atomic E-state index is 6.10. The van der Waals surface area contributed by atoms with Gasteiger partial charge in [0.25, 0.3) is 0 Å². The van der Waals surface area contributed by atoms with Gasteiger partial charge in [0.15, 0.2) is 0 Å². The first kappa shape index (κ1) is 11.3.